The van der Waals surface area contributed by atoms with Crippen molar-refractivity contribution in [1.29, 1.82) is 0 Å². The normalized spacial score (nSPS) is 17.7. The summed E-state index contributed by atoms with van der Waals surface area (Å²) in [6.45, 7) is 6.13. The highest BCUT2D eigenvalue weighted by molar-refractivity contribution is 6.00. The monoisotopic (exact) mass is 149 g/mol. The Kier molecular flexibility index (Phi) is 2.26. The quantitative estimate of drug-likeness (QED) is 0.627. The molecule has 1 aliphatic rings. The van der Waals surface area contributed by atoms with Crippen molar-refractivity contribution in [3.05, 3.63) is 36.0 Å². The third kappa shape index (κ3) is 1.40. The van der Waals surface area contributed by atoms with Crippen LogP contribution in [0.3, 0.4) is 0 Å². The number of allylic oxidation sites excluding steroid dienone is 1. The van der Waals surface area contributed by atoms with Crippen LogP contribution in [-0.2, 0) is 4.79 Å². The van der Waals surface area contributed by atoms with Crippen molar-refractivity contribution in [2.75, 3.05) is 6.54 Å². The molecule has 11 heavy (non-hydrogen) atoms. The predicted molar refractivity (Wildman–Crippen MR) is 45.0 cm³/mol. The second kappa shape index (κ2) is 3.19. The molecule has 1 amide bonds. The van der Waals surface area contributed by atoms with Gasteiger partial charge in [0, 0.05) is 12.1 Å². The van der Waals surface area contributed by atoms with Gasteiger partial charge in [0.1, 0.15) is 0 Å². The number of amides is 1. The van der Waals surface area contributed by atoms with Gasteiger partial charge in [0.05, 0.1) is 0 Å². The summed E-state index contributed by atoms with van der Waals surface area (Å²) in [6.07, 6.45) is 5.37. The van der Waals surface area contributed by atoms with Crippen LogP contribution < -0.4 is 5.32 Å². The van der Waals surface area contributed by atoms with Crippen LogP contribution in [0.25, 0.3) is 0 Å². The molecule has 0 aromatic carbocycles. The van der Waals surface area contributed by atoms with Gasteiger partial charge in [-0.15, -0.1) is 0 Å². The number of carbonyl (C=O) groups is 1. The summed E-state index contributed by atoms with van der Waals surface area (Å²) in [4.78, 5) is 11.1. The molecule has 2 nitrogen and oxygen atoms in total. The summed E-state index contributed by atoms with van der Waals surface area (Å²) in [5.74, 6) is -0.00185. The Hall–Kier alpha value is -1.31. The Labute approximate surface area is 66.3 Å². The Balaban J connectivity index is 2.98. The molecule has 0 aromatic heterocycles. The summed E-state index contributed by atoms with van der Waals surface area (Å²) < 4.78 is 0. The predicted octanol–water partition coefficient (Wildman–Crippen LogP) is 1.17. The zero-order valence-corrected chi connectivity index (χ0v) is 6.55. The Morgan fingerprint density at radius 2 is 2.36 bits per heavy atom. The highest BCUT2D eigenvalue weighted by Crippen LogP contribution is 2.12. The molecule has 0 bridgehead atoms. The van der Waals surface area contributed by atoms with Crippen LogP contribution in [0, 0.1) is 0 Å². The van der Waals surface area contributed by atoms with E-state index in [1.807, 2.05) is 13.0 Å². The maximum Gasteiger partial charge on any atom is 0.251 e. The van der Waals surface area contributed by atoms with Gasteiger partial charge in [-0.1, -0.05) is 24.8 Å². The summed E-state index contributed by atoms with van der Waals surface area (Å²) in [7, 11) is 0. The van der Waals surface area contributed by atoms with Gasteiger partial charge < -0.3 is 5.32 Å². The minimum Gasteiger partial charge on any atom is -0.348 e. The van der Waals surface area contributed by atoms with E-state index in [1.54, 1.807) is 12.2 Å². The number of hydrogen-bond acceptors (Lipinski definition) is 1. The zero-order chi connectivity index (χ0) is 8.27. The maximum atomic E-state index is 11.1. The lowest BCUT2D eigenvalue weighted by Crippen LogP contribution is -2.16. The van der Waals surface area contributed by atoms with E-state index in [9.17, 15) is 4.79 Å². The van der Waals surface area contributed by atoms with E-state index >= 15 is 0 Å². The summed E-state index contributed by atoms with van der Waals surface area (Å²) >= 11 is 0. The van der Waals surface area contributed by atoms with Crippen LogP contribution in [0.4, 0.5) is 0 Å². The molecule has 0 aliphatic carbocycles. The number of hydrogen-bond donors (Lipinski definition) is 1. The van der Waals surface area contributed by atoms with Crippen molar-refractivity contribution < 1.29 is 4.79 Å². The molecule has 1 N–H and O–H groups in total. The number of rotatable bonds is 2. The highest BCUT2D eigenvalue weighted by atomic mass is 16.1. The molecule has 1 rings (SSSR count). The van der Waals surface area contributed by atoms with Gasteiger partial charge in [0.25, 0.3) is 5.91 Å². The third-order valence-electron chi connectivity index (χ3n) is 1.61. The largest absolute Gasteiger partial charge is 0.348 e. The topological polar surface area (TPSA) is 29.1 Å². The first-order valence-corrected chi connectivity index (χ1v) is 3.56. The first kappa shape index (κ1) is 7.79. The van der Waals surface area contributed by atoms with Crippen molar-refractivity contribution in [2.45, 2.75) is 6.92 Å². The molecule has 1 heterocycles. The minimum atomic E-state index is -0.00185. The van der Waals surface area contributed by atoms with E-state index in [0.29, 0.717) is 6.54 Å². The fourth-order valence-corrected chi connectivity index (χ4v) is 1.04. The summed E-state index contributed by atoms with van der Waals surface area (Å²) in [5, 5.41) is 2.72. The summed E-state index contributed by atoms with van der Waals surface area (Å²) in [6, 6.07) is 0. The Bertz CT molecular complexity index is 248. The van der Waals surface area contributed by atoms with E-state index < -0.39 is 0 Å². The number of carbonyl (C=O) groups excluding carboxylic acids is 1. The second-order valence-electron chi connectivity index (χ2n) is 2.33. The van der Waals surface area contributed by atoms with Gasteiger partial charge in [-0.2, -0.15) is 0 Å². The van der Waals surface area contributed by atoms with Gasteiger partial charge >= 0.3 is 0 Å². The Morgan fingerprint density at radius 3 is 2.91 bits per heavy atom. The second-order valence-corrected chi connectivity index (χ2v) is 2.33. The Morgan fingerprint density at radius 1 is 1.64 bits per heavy atom. The van der Waals surface area contributed by atoms with E-state index in [1.165, 1.54) is 0 Å². The lowest BCUT2D eigenvalue weighted by molar-refractivity contribution is -0.116. The van der Waals surface area contributed by atoms with E-state index in [-0.39, 0.29) is 5.91 Å². The van der Waals surface area contributed by atoms with Crippen LogP contribution in [0.15, 0.2) is 36.0 Å². The van der Waals surface area contributed by atoms with Crippen LogP contribution in [0.2, 0.25) is 0 Å². The zero-order valence-electron chi connectivity index (χ0n) is 6.55. The molecule has 0 atom stereocenters. The van der Waals surface area contributed by atoms with Crippen molar-refractivity contribution >= 4 is 5.91 Å². The average Bonchev–Trinajstić information content (AvgIpc) is 2.34. The molecule has 0 fully saturated rings. The van der Waals surface area contributed by atoms with Crippen LogP contribution in [-0.4, -0.2) is 12.5 Å². The van der Waals surface area contributed by atoms with E-state index in [4.69, 9.17) is 0 Å². The average molecular weight is 149 g/mol. The van der Waals surface area contributed by atoms with Gasteiger partial charge in [0.2, 0.25) is 0 Å². The highest BCUT2D eigenvalue weighted by Gasteiger charge is 2.16. The first-order chi connectivity index (χ1) is 5.29. The lowest BCUT2D eigenvalue weighted by Gasteiger charge is -1.89. The van der Waals surface area contributed by atoms with Crippen molar-refractivity contribution in [1.82, 2.24) is 5.32 Å². The molecular formula is C9H11NO. The van der Waals surface area contributed by atoms with Gasteiger partial charge in [0.15, 0.2) is 0 Å². The smallest absolute Gasteiger partial charge is 0.251 e. The van der Waals surface area contributed by atoms with Crippen molar-refractivity contribution in [3.8, 4) is 0 Å². The standard InChI is InChI=1S/C9H11NO/c1-3-5-8-7(4-2)6-10-9(8)11/h3-5H,2,6H2,1H3,(H,10,11)/b5-3-. The third-order valence-corrected chi connectivity index (χ3v) is 1.61. The molecule has 0 saturated heterocycles. The summed E-state index contributed by atoms with van der Waals surface area (Å²) in [5.41, 5.74) is 1.72. The van der Waals surface area contributed by atoms with Crippen molar-refractivity contribution in [2.24, 2.45) is 0 Å². The van der Waals surface area contributed by atoms with Gasteiger partial charge in [-0.25, -0.2) is 0 Å². The van der Waals surface area contributed by atoms with E-state index in [2.05, 4.69) is 11.9 Å². The molecule has 0 saturated carbocycles. The maximum absolute atomic E-state index is 11.1. The SMILES string of the molecule is C=CC1=C(/C=C\C)C(=O)NC1. The molecule has 0 spiro atoms. The van der Waals surface area contributed by atoms with Crippen LogP contribution in [0.1, 0.15) is 6.92 Å². The fourth-order valence-electron chi connectivity index (χ4n) is 1.04. The fraction of sp³-hybridized carbons (Fsp3) is 0.222. The molecular weight excluding hydrogens is 138 g/mol. The van der Waals surface area contributed by atoms with Crippen molar-refractivity contribution in [3.63, 3.8) is 0 Å². The van der Waals surface area contributed by atoms with Gasteiger partial charge in [-0.05, 0) is 12.5 Å². The molecule has 58 valence electrons. The lowest BCUT2D eigenvalue weighted by atomic mass is 10.1. The molecule has 0 aromatic rings. The van der Waals surface area contributed by atoms with Crippen LogP contribution in [0.5, 0.6) is 0 Å². The molecule has 0 radical (unpaired) electrons. The first-order valence-electron chi connectivity index (χ1n) is 3.56. The molecule has 2 heteroatoms. The minimum absolute atomic E-state index is 0.00185. The van der Waals surface area contributed by atoms with Crippen LogP contribution >= 0.6 is 0 Å². The van der Waals surface area contributed by atoms with Gasteiger partial charge in [-0.3, -0.25) is 4.79 Å². The number of nitrogens with one attached hydrogen (secondary N) is 1. The van der Waals surface area contributed by atoms with E-state index in [0.717, 1.165) is 11.1 Å². The molecule has 1 aliphatic heterocycles. The molecule has 0 unspecified atom stereocenters.